The fourth-order valence-electron chi connectivity index (χ4n) is 4.27. The molecule has 35 heavy (non-hydrogen) atoms. The van der Waals surface area contributed by atoms with Crippen molar-refractivity contribution in [3.05, 3.63) is 64.4 Å². The number of rotatable bonds is 7. The number of benzene rings is 3. The first-order valence-corrected chi connectivity index (χ1v) is 12.3. The van der Waals surface area contributed by atoms with Gasteiger partial charge in [0.1, 0.15) is 17.9 Å². The summed E-state index contributed by atoms with van der Waals surface area (Å²) in [7, 11) is 0. The minimum atomic E-state index is -0.442. The van der Waals surface area contributed by atoms with Crippen LogP contribution in [0.1, 0.15) is 18.4 Å². The molecule has 9 heteroatoms. The van der Waals surface area contributed by atoms with Crippen LogP contribution in [0.5, 0.6) is 11.5 Å². The van der Waals surface area contributed by atoms with Crippen LogP contribution >= 0.6 is 15.9 Å². The molecule has 2 heterocycles. The van der Waals surface area contributed by atoms with Gasteiger partial charge in [-0.3, -0.25) is 4.90 Å². The zero-order chi connectivity index (χ0) is 24.4. The number of anilines is 2. The van der Waals surface area contributed by atoms with Crippen LogP contribution < -0.4 is 10.1 Å². The van der Waals surface area contributed by atoms with Crippen molar-refractivity contribution in [3.8, 4) is 22.6 Å². The minimum absolute atomic E-state index is 0.181. The fourth-order valence-corrected chi connectivity index (χ4v) is 4.75. The number of hydrogen-bond donors (Lipinski definition) is 2. The Morgan fingerprint density at radius 2 is 1.91 bits per heavy atom. The summed E-state index contributed by atoms with van der Waals surface area (Å²) in [6.07, 6.45) is 2.44. The van der Waals surface area contributed by atoms with Crippen LogP contribution in [-0.4, -0.2) is 51.4 Å². The van der Waals surface area contributed by atoms with Gasteiger partial charge in [0, 0.05) is 22.8 Å². The zero-order valence-corrected chi connectivity index (χ0v) is 20.8. The summed E-state index contributed by atoms with van der Waals surface area (Å²) >= 11 is 3.53. The van der Waals surface area contributed by atoms with E-state index in [0.717, 1.165) is 40.8 Å². The third-order valence-corrected chi connectivity index (χ3v) is 6.75. The van der Waals surface area contributed by atoms with E-state index in [1.54, 1.807) is 30.3 Å². The van der Waals surface area contributed by atoms with Gasteiger partial charge in [0.2, 0.25) is 5.95 Å². The lowest BCUT2D eigenvalue weighted by Gasteiger charge is -2.15. The highest BCUT2D eigenvalue weighted by molar-refractivity contribution is 9.10. The number of nitrogens with one attached hydrogen (secondary N) is 1. The molecule has 4 aromatic rings. The molecule has 0 saturated carbocycles. The number of halogens is 2. The van der Waals surface area contributed by atoms with Gasteiger partial charge >= 0.3 is 0 Å². The number of aromatic hydroxyl groups is 1. The number of aromatic nitrogens is 3. The SMILES string of the molecule is Cc1cc(-c2cc(O)ccc2Br)cc2nnc(Nc3ccc(OCCN4CCCC4)c(F)c3)nc12. The van der Waals surface area contributed by atoms with Crippen LogP contribution in [0.3, 0.4) is 0 Å². The van der Waals surface area contributed by atoms with E-state index in [1.807, 2.05) is 19.1 Å². The van der Waals surface area contributed by atoms with E-state index in [2.05, 4.69) is 41.3 Å². The van der Waals surface area contributed by atoms with Crippen molar-refractivity contribution in [1.29, 1.82) is 0 Å². The number of ether oxygens (including phenoxy) is 1. The van der Waals surface area contributed by atoms with Crippen molar-refractivity contribution in [3.63, 3.8) is 0 Å². The Morgan fingerprint density at radius 3 is 2.71 bits per heavy atom. The van der Waals surface area contributed by atoms with Crippen molar-refractivity contribution in [2.24, 2.45) is 0 Å². The molecule has 1 aliphatic rings. The molecule has 0 radical (unpaired) electrons. The Hall–Kier alpha value is -3.30. The van der Waals surface area contributed by atoms with E-state index in [-0.39, 0.29) is 17.4 Å². The molecule has 1 saturated heterocycles. The van der Waals surface area contributed by atoms with Gasteiger partial charge in [-0.05, 0) is 92.0 Å². The van der Waals surface area contributed by atoms with E-state index in [9.17, 15) is 9.50 Å². The van der Waals surface area contributed by atoms with Gasteiger partial charge in [0.05, 0.1) is 5.52 Å². The Labute approximate surface area is 211 Å². The molecular weight excluding hydrogens is 513 g/mol. The van der Waals surface area contributed by atoms with Crippen LogP contribution in [0.15, 0.2) is 53.0 Å². The number of aryl methyl sites for hydroxylation is 1. The van der Waals surface area contributed by atoms with Crippen LogP contribution in [0, 0.1) is 12.7 Å². The third kappa shape index (κ3) is 5.36. The smallest absolute Gasteiger partial charge is 0.247 e. The number of phenolic OH excluding ortho intramolecular Hbond substituents is 1. The van der Waals surface area contributed by atoms with Gasteiger partial charge < -0.3 is 15.2 Å². The lowest BCUT2D eigenvalue weighted by molar-refractivity contribution is 0.231. The van der Waals surface area contributed by atoms with Crippen LogP contribution in [-0.2, 0) is 0 Å². The lowest BCUT2D eigenvalue weighted by Crippen LogP contribution is -2.25. The summed E-state index contributed by atoms with van der Waals surface area (Å²) in [4.78, 5) is 6.91. The molecule has 2 N–H and O–H groups in total. The molecule has 0 spiro atoms. The summed E-state index contributed by atoms with van der Waals surface area (Å²) in [5.41, 5.74) is 4.44. The maximum Gasteiger partial charge on any atom is 0.247 e. The molecule has 1 aromatic heterocycles. The molecule has 0 unspecified atom stereocenters. The summed E-state index contributed by atoms with van der Waals surface area (Å²) in [6.45, 7) is 5.38. The number of hydrogen-bond acceptors (Lipinski definition) is 7. The van der Waals surface area contributed by atoms with Gasteiger partial charge in [-0.1, -0.05) is 15.9 Å². The first-order chi connectivity index (χ1) is 17.0. The highest BCUT2D eigenvalue weighted by Gasteiger charge is 2.13. The van der Waals surface area contributed by atoms with E-state index in [4.69, 9.17) is 4.74 Å². The quantitative estimate of drug-likeness (QED) is 0.307. The van der Waals surface area contributed by atoms with E-state index in [0.29, 0.717) is 23.3 Å². The fraction of sp³-hybridized carbons (Fsp3) is 0.269. The second-order valence-corrected chi connectivity index (χ2v) is 9.48. The predicted molar refractivity (Wildman–Crippen MR) is 138 cm³/mol. The number of fused-ring (bicyclic) bond motifs is 1. The topological polar surface area (TPSA) is 83.4 Å². The van der Waals surface area contributed by atoms with Gasteiger partial charge in [-0.2, -0.15) is 0 Å². The van der Waals surface area contributed by atoms with Crippen LogP contribution in [0.25, 0.3) is 22.2 Å². The maximum atomic E-state index is 14.6. The molecule has 1 fully saturated rings. The minimum Gasteiger partial charge on any atom is -0.508 e. The van der Waals surface area contributed by atoms with Crippen LogP contribution in [0.2, 0.25) is 0 Å². The molecule has 0 atom stereocenters. The second kappa shape index (κ2) is 10.1. The largest absolute Gasteiger partial charge is 0.508 e. The first kappa shape index (κ1) is 23.4. The van der Waals surface area contributed by atoms with Gasteiger partial charge in [-0.15, -0.1) is 10.2 Å². The van der Waals surface area contributed by atoms with Crippen molar-refractivity contribution in [2.45, 2.75) is 19.8 Å². The monoisotopic (exact) mass is 537 g/mol. The molecule has 0 aliphatic carbocycles. The zero-order valence-electron chi connectivity index (χ0n) is 19.3. The molecule has 0 bridgehead atoms. The van der Waals surface area contributed by atoms with Crippen LogP contribution in [0.4, 0.5) is 16.0 Å². The highest BCUT2D eigenvalue weighted by Crippen LogP contribution is 2.34. The predicted octanol–water partition coefficient (Wildman–Crippen LogP) is 5.83. The molecule has 5 rings (SSSR count). The number of phenols is 1. The molecule has 3 aromatic carbocycles. The Kier molecular flexibility index (Phi) is 6.79. The summed E-state index contributed by atoms with van der Waals surface area (Å²) in [5, 5.41) is 21.4. The lowest BCUT2D eigenvalue weighted by atomic mass is 10.0. The average Bonchev–Trinajstić information content (AvgIpc) is 3.36. The average molecular weight is 538 g/mol. The van der Waals surface area contributed by atoms with E-state index in [1.165, 1.54) is 18.9 Å². The maximum absolute atomic E-state index is 14.6. The number of nitrogens with zero attached hydrogens (tertiary/aromatic N) is 4. The standard InChI is InChI=1S/C26H25BrFN5O2/c1-16-12-17(20-15-19(34)5-6-21(20)27)13-23-25(16)30-26(32-31-23)29-18-4-7-24(22(28)14-18)35-11-10-33-8-2-3-9-33/h4-7,12-15,34H,2-3,8-11H2,1H3,(H,29,30,32). The molecule has 0 amide bonds. The second-order valence-electron chi connectivity index (χ2n) is 8.63. The van der Waals surface area contributed by atoms with Crippen molar-refractivity contribution < 1.29 is 14.2 Å². The van der Waals surface area contributed by atoms with E-state index < -0.39 is 5.82 Å². The normalized spacial score (nSPS) is 13.9. The van der Waals surface area contributed by atoms with Crippen molar-refractivity contribution >= 4 is 38.6 Å². The van der Waals surface area contributed by atoms with Gasteiger partial charge in [-0.25, -0.2) is 9.37 Å². The molecule has 7 nitrogen and oxygen atoms in total. The summed E-state index contributed by atoms with van der Waals surface area (Å²) in [6, 6.07) is 13.7. The Bertz CT molecular complexity index is 1380. The summed E-state index contributed by atoms with van der Waals surface area (Å²) < 4.78 is 21.1. The number of likely N-dealkylation sites (tertiary alicyclic amines) is 1. The van der Waals surface area contributed by atoms with Gasteiger partial charge in [0.15, 0.2) is 11.6 Å². The van der Waals surface area contributed by atoms with Crippen molar-refractivity contribution in [2.75, 3.05) is 31.6 Å². The van der Waals surface area contributed by atoms with Crippen molar-refractivity contribution in [1.82, 2.24) is 20.1 Å². The molecule has 180 valence electrons. The molecule has 1 aliphatic heterocycles. The van der Waals surface area contributed by atoms with E-state index >= 15 is 0 Å². The highest BCUT2D eigenvalue weighted by atomic mass is 79.9. The first-order valence-electron chi connectivity index (χ1n) is 11.5. The molecular formula is C26H25BrFN5O2. The third-order valence-electron chi connectivity index (χ3n) is 6.06. The Balaban J connectivity index is 1.31. The Morgan fingerprint density at radius 1 is 1.09 bits per heavy atom. The summed E-state index contributed by atoms with van der Waals surface area (Å²) in [5.74, 6) is 0.241. The van der Waals surface area contributed by atoms with Gasteiger partial charge in [0.25, 0.3) is 0 Å².